The number of halogens is 4. The standard InChI is InChI=1S/C25H19ClF3N3O4/c26-21-14-32(24(35)31-23(21)34)19-9-7-18(8-10-19)30-22(33)12-15-3-1-4-16(11-15)17-5-2-6-20(13-17)36-25(27,28)29/h1-11,13-14,24,35H,12H2,(H,30,33)(H,31,34). The molecule has 3 aromatic rings. The minimum absolute atomic E-state index is 0.0313. The van der Waals surface area contributed by atoms with Crippen molar-refractivity contribution < 1.29 is 32.6 Å². The van der Waals surface area contributed by atoms with Gasteiger partial charge in [0.15, 0.2) is 0 Å². The highest BCUT2D eigenvalue weighted by atomic mass is 35.5. The highest BCUT2D eigenvalue weighted by Gasteiger charge is 2.31. The molecular weight excluding hydrogens is 499 g/mol. The summed E-state index contributed by atoms with van der Waals surface area (Å²) in [7, 11) is 0. The Morgan fingerprint density at radius 1 is 1.06 bits per heavy atom. The van der Waals surface area contributed by atoms with E-state index < -0.39 is 18.6 Å². The monoisotopic (exact) mass is 517 g/mol. The van der Waals surface area contributed by atoms with Crippen LogP contribution in [0.15, 0.2) is 84.0 Å². The SMILES string of the molecule is O=C(Cc1cccc(-c2cccc(OC(F)(F)F)c2)c1)Nc1ccc(N2C=C(Cl)C(=O)NC2O)cc1. The van der Waals surface area contributed by atoms with Crippen LogP contribution < -0.4 is 20.3 Å². The molecule has 1 unspecified atom stereocenters. The number of ether oxygens (including phenoxy) is 1. The first-order chi connectivity index (χ1) is 17.1. The number of aliphatic hydroxyl groups excluding tert-OH is 1. The fourth-order valence-corrected chi connectivity index (χ4v) is 3.72. The minimum atomic E-state index is -4.79. The van der Waals surface area contributed by atoms with Gasteiger partial charge in [-0.3, -0.25) is 9.59 Å². The second-order valence-electron chi connectivity index (χ2n) is 7.78. The molecule has 0 fully saturated rings. The van der Waals surface area contributed by atoms with E-state index in [0.717, 1.165) is 0 Å². The maximum absolute atomic E-state index is 12.6. The molecule has 0 aromatic heterocycles. The smallest absolute Gasteiger partial charge is 0.406 e. The van der Waals surface area contributed by atoms with Crippen LogP contribution in [-0.2, 0) is 16.0 Å². The van der Waals surface area contributed by atoms with Crippen molar-refractivity contribution in [3.05, 3.63) is 89.6 Å². The maximum Gasteiger partial charge on any atom is 0.573 e. The lowest BCUT2D eigenvalue weighted by atomic mass is 10.0. The van der Waals surface area contributed by atoms with Crippen molar-refractivity contribution in [1.29, 1.82) is 0 Å². The summed E-state index contributed by atoms with van der Waals surface area (Å²) in [5.74, 6) is -1.22. The number of aliphatic hydroxyl groups is 1. The molecule has 3 N–H and O–H groups in total. The fraction of sp³-hybridized carbons (Fsp3) is 0.120. The summed E-state index contributed by atoms with van der Waals surface area (Å²) < 4.78 is 41.5. The van der Waals surface area contributed by atoms with Gasteiger partial charge in [0.25, 0.3) is 5.91 Å². The number of carbonyl (C=O) groups excluding carboxylic acids is 2. The fourth-order valence-electron chi connectivity index (χ4n) is 3.56. The van der Waals surface area contributed by atoms with Crippen LogP contribution >= 0.6 is 11.6 Å². The predicted octanol–water partition coefficient (Wildman–Crippen LogP) is 4.73. The van der Waals surface area contributed by atoms with E-state index in [0.29, 0.717) is 28.1 Å². The van der Waals surface area contributed by atoms with E-state index in [4.69, 9.17) is 11.6 Å². The third kappa shape index (κ3) is 6.35. The van der Waals surface area contributed by atoms with Crippen LogP contribution in [0, 0.1) is 0 Å². The van der Waals surface area contributed by atoms with Crippen molar-refractivity contribution in [2.45, 2.75) is 19.1 Å². The Hall–Kier alpha value is -4.02. The normalized spacial score (nSPS) is 15.7. The molecule has 0 saturated heterocycles. The second-order valence-corrected chi connectivity index (χ2v) is 8.19. The molecule has 1 atom stereocenters. The van der Waals surface area contributed by atoms with Crippen LogP contribution in [0.4, 0.5) is 24.5 Å². The zero-order chi connectivity index (χ0) is 25.9. The van der Waals surface area contributed by atoms with Gasteiger partial charge in [-0.05, 0) is 53.1 Å². The third-order valence-electron chi connectivity index (χ3n) is 5.13. The summed E-state index contributed by atoms with van der Waals surface area (Å²) in [5.41, 5.74) is 2.84. The molecule has 36 heavy (non-hydrogen) atoms. The molecular formula is C25H19ClF3N3O4. The molecule has 4 rings (SSSR count). The predicted molar refractivity (Wildman–Crippen MR) is 128 cm³/mol. The second kappa shape index (κ2) is 10.3. The van der Waals surface area contributed by atoms with Crippen LogP contribution in [0.2, 0.25) is 0 Å². The van der Waals surface area contributed by atoms with Gasteiger partial charge in [-0.15, -0.1) is 13.2 Å². The molecule has 0 spiro atoms. The number of rotatable bonds is 6. The molecule has 11 heteroatoms. The molecule has 7 nitrogen and oxygen atoms in total. The molecule has 1 heterocycles. The third-order valence-corrected chi connectivity index (χ3v) is 5.40. The molecule has 2 amide bonds. The molecule has 1 aliphatic heterocycles. The molecule has 0 saturated carbocycles. The van der Waals surface area contributed by atoms with Crippen molar-refractivity contribution in [3.63, 3.8) is 0 Å². The first-order valence-electron chi connectivity index (χ1n) is 10.6. The minimum Gasteiger partial charge on any atom is -0.406 e. The van der Waals surface area contributed by atoms with Gasteiger partial charge in [-0.25, -0.2) is 0 Å². The van der Waals surface area contributed by atoms with Crippen LogP contribution in [0.5, 0.6) is 5.75 Å². The lowest BCUT2D eigenvalue weighted by Crippen LogP contribution is -2.49. The van der Waals surface area contributed by atoms with Crippen molar-refractivity contribution in [2.75, 3.05) is 10.2 Å². The first kappa shape index (κ1) is 25.1. The highest BCUT2D eigenvalue weighted by molar-refractivity contribution is 6.42. The van der Waals surface area contributed by atoms with Crippen LogP contribution in [0.1, 0.15) is 5.56 Å². The van der Waals surface area contributed by atoms with Crippen LogP contribution in [-0.4, -0.2) is 29.6 Å². The Bertz CT molecular complexity index is 1310. The Morgan fingerprint density at radius 2 is 1.72 bits per heavy atom. The largest absolute Gasteiger partial charge is 0.573 e. The van der Waals surface area contributed by atoms with Crippen LogP contribution in [0.25, 0.3) is 11.1 Å². The number of hydrogen-bond acceptors (Lipinski definition) is 5. The van der Waals surface area contributed by atoms with Gasteiger partial charge in [-0.2, -0.15) is 0 Å². The van der Waals surface area contributed by atoms with E-state index in [9.17, 15) is 27.9 Å². The van der Waals surface area contributed by atoms with Gasteiger partial charge in [0.05, 0.1) is 6.42 Å². The van der Waals surface area contributed by atoms with Gasteiger partial charge >= 0.3 is 6.36 Å². The quantitative estimate of drug-likeness (QED) is 0.440. The van der Waals surface area contributed by atoms with Gasteiger partial charge in [0.1, 0.15) is 10.8 Å². The lowest BCUT2D eigenvalue weighted by molar-refractivity contribution is -0.274. The summed E-state index contributed by atoms with van der Waals surface area (Å²) in [4.78, 5) is 25.4. The number of anilines is 2. The first-order valence-corrected chi connectivity index (χ1v) is 10.9. The van der Waals surface area contributed by atoms with Crippen molar-refractivity contribution in [3.8, 4) is 16.9 Å². The number of hydrogen-bond donors (Lipinski definition) is 3. The van der Waals surface area contributed by atoms with E-state index in [1.54, 1.807) is 54.6 Å². The van der Waals surface area contributed by atoms with Gasteiger partial charge in [0, 0.05) is 17.6 Å². The van der Waals surface area contributed by atoms with E-state index in [1.807, 2.05) is 0 Å². The highest BCUT2D eigenvalue weighted by Crippen LogP contribution is 2.29. The van der Waals surface area contributed by atoms with Crippen molar-refractivity contribution in [2.24, 2.45) is 0 Å². The van der Waals surface area contributed by atoms with Crippen molar-refractivity contribution >= 4 is 34.8 Å². The van der Waals surface area contributed by atoms with Crippen LogP contribution in [0.3, 0.4) is 0 Å². The summed E-state index contributed by atoms with van der Waals surface area (Å²) in [6.07, 6.45) is -4.74. The number of nitrogens with zero attached hydrogens (tertiary/aromatic N) is 1. The molecule has 3 aromatic carbocycles. The van der Waals surface area contributed by atoms with E-state index >= 15 is 0 Å². The van der Waals surface area contributed by atoms with Gasteiger partial charge in [0.2, 0.25) is 12.3 Å². The average Bonchev–Trinajstić information content (AvgIpc) is 2.81. The number of amides is 2. The Morgan fingerprint density at radius 3 is 2.42 bits per heavy atom. The van der Waals surface area contributed by atoms with Crippen molar-refractivity contribution in [1.82, 2.24) is 5.32 Å². The average molecular weight is 518 g/mol. The molecule has 186 valence electrons. The zero-order valence-corrected chi connectivity index (χ0v) is 19.2. The zero-order valence-electron chi connectivity index (χ0n) is 18.4. The molecule has 0 aliphatic carbocycles. The molecule has 0 bridgehead atoms. The number of benzene rings is 3. The molecule has 0 radical (unpaired) electrons. The lowest BCUT2D eigenvalue weighted by Gasteiger charge is -2.30. The Kier molecular flexibility index (Phi) is 7.18. The van der Waals surface area contributed by atoms with Gasteiger partial charge in [-0.1, -0.05) is 48.0 Å². The number of alkyl halides is 3. The topological polar surface area (TPSA) is 90.9 Å². The number of nitrogens with one attached hydrogen (secondary N) is 2. The van der Waals surface area contributed by atoms with Gasteiger partial charge < -0.3 is 25.4 Å². The summed E-state index contributed by atoms with van der Waals surface area (Å²) in [5, 5.41) is 15.0. The summed E-state index contributed by atoms with van der Waals surface area (Å²) >= 11 is 5.83. The van der Waals surface area contributed by atoms with E-state index in [-0.39, 0.29) is 23.1 Å². The van der Waals surface area contributed by atoms with E-state index in [1.165, 1.54) is 29.3 Å². The summed E-state index contributed by atoms with van der Waals surface area (Å²) in [6, 6.07) is 19.0. The summed E-state index contributed by atoms with van der Waals surface area (Å²) in [6.45, 7) is 0. The molecule has 1 aliphatic rings. The Balaban J connectivity index is 1.41. The Labute approximate surface area is 208 Å². The number of carbonyl (C=O) groups is 2. The van der Waals surface area contributed by atoms with E-state index in [2.05, 4.69) is 15.4 Å². The maximum atomic E-state index is 12.6.